The van der Waals surface area contributed by atoms with E-state index in [1.807, 2.05) is 12.1 Å². The van der Waals surface area contributed by atoms with Gasteiger partial charge in [-0.05, 0) is 39.2 Å². The number of aromatic nitrogens is 4. The molecule has 2 aliphatic heterocycles. The van der Waals surface area contributed by atoms with E-state index in [0.29, 0.717) is 11.5 Å². The van der Waals surface area contributed by atoms with E-state index in [9.17, 15) is 0 Å². The molecule has 0 radical (unpaired) electrons. The van der Waals surface area contributed by atoms with Gasteiger partial charge in [0.2, 0.25) is 0 Å². The SMILES string of the molecule is CC(C)c1cc(-n2c3[c-]c(Oc4[c-]c(-n5cc6c7ccc(n6[c]5=[Pt])CCc5ccc(cc5)CC7)ccc4)ccc3c3cc(-c4ccccc4)ccc32)ncc1-c1ccc(C(C)(C)C)cc1. The van der Waals surface area contributed by atoms with E-state index in [2.05, 4.69) is 225 Å². The van der Waals surface area contributed by atoms with Crippen LogP contribution in [0.4, 0.5) is 0 Å². The molecular weight excluding hydrogens is 976 g/mol. The van der Waals surface area contributed by atoms with Gasteiger partial charge in [0, 0.05) is 11.8 Å². The molecule has 6 heterocycles. The summed E-state index contributed by atoms with van der Waals surface area (Å²) in [4.78, 5) is 5.22. The summed E-state index contributed by atoms with van der Waals surface area (Å²) in [6, 6.07) is 60.1. The van der Waals surface area contributed by atoms with E-state index in [-0.39, 0.29) is 11.3 Å². The van der Waals surface area contributed by atoms with Crippen molar-refractivity contribution < 1.29 is 24.1 Å². The number of imidazole rings is 1. The minimum atomic E-state index is 0.0845. The number of nitrogens with zero attached hydrogens (tertiary/aromatic N) is 4. The second-order valence-corrected chi connectivity index (χ2v) is 19.8. The molecular formula is C59H50N4OPt-2. The summed E-state index contributed by atoms with van der Waals surface area (Å²) in [5, 5.41) is 2.22. The Balaban J connectivity index is 0.995. The van der Waals surface area contributed by atoms with Crippen molar-refractivity contribution in [3.8, 4) is 45.3 Å². The molecule has 4 aromatic heterocycles. The maximum absolute atomic E-state index is 6.72. The predicted molar refractivity (Wildman–Crippen MR) is 261 cm³/mol. The molecule has 0 N–H and O–H groups in total. The van der Waals surface area contributed by atoms with E-state index in [0.717, 1.165) is 73.9 Å². The third-order valence-electron chi connectivity index (χ3n) is 13.1. The van der Waals surface area contributed by atoms with Gasteiger partial charge in [-0.25, -0.2) is 0 Å². The molecule has 14 rings (SSSR count). The van der Waals surface area contributed by atoms with Crippen LogP contribution in [0.5, 0.6) is 11.5 Å². The topological polar surface area (TPSA) is 36.4 Å². The van der Waals surface area contributed by atoms with Crippen molar-refractivity contribution in [2.24, 2.45) is 0 Å². The normalized spacial score (nSPS) is 13.0. The second-order valence-electron chi connectivity index (χ2n) is 18.8. The van der Waals surface area contributed by atoms with Crippen molar-refractivity contribution in [1.29, 1.82) is 0 Å². The summed E-state index contributed by atoms with van der Waals surface area (Å²) in [7, 11) is 0. The number of fused-ring (bicyclic) bond motifs is 3. The number of ether oxygens (including phenoxy) is 1. The number of hydrogen-bond donors (Lipinski definition) is 0. The van der Waals surface area contributed by atoms with Crippen LogP contribution < -0.4 is 4.74 Å². The summed E-state index contributed by atoms with van der Waals surface area (Å²) in [6.07, 6.45) is 8.27. The van der Waals surface area contributed by atoms with Crippen molar-refractivity contribution in [2.45, 2.75) is 71.6 Å². The Bertz CT molecular complexity index is 3480. The van der Waals surface area contributed by atoms with Crippen LogP contribution in [0.2, 0.25) is 0 Å². The number of pyridine rings is 2. The van der Waals surface area contributed by atoms with Crippen molar-refractivity contribution in [3.05, 3.63) is 207 Å². The van der Waals surface area contributed by atoms with Crippen molar-refractivity contribution in [1.82, 2.24) is 18.5 Å². The smallest absolute Gasteiger partial charge is 0.0579 e. The molecule has 0 spiro atoms. The standard InChI is InChI=1S/C59H50N4O.Pt/c1-39(2)52-35-58(60-36-54(52)43-21-25-46(26-22-43)59(3,4)5)63-55-31-24-45(42-10-7-6-8-11-42)32-53(55)51-30-29-50(34-56(51)63)64-49-13-9-12-48(33-49)61-37-57-44-20-18-40-14-16-41(17-15-40)19-27-47(28-23-44)62(57)38-61;/h6-17,21-26,28-32,35-37,39H,18-20,27H2,1-5H3;/q-2;. The molecule has 0 atom stereocenters. The Morgan fingerprint density at radius 2 is 1.38 bits per heavy atom. The summed E-state index contributed by atoms with van der Waals surface area (Å²) in [6.45, 7) is 11.3. The predicted octanol–water partition coefficient (Wildman–Crippen LogP) is 14.3. The van der Waals surface area contributed by atoms with E-state index >= 15 is 0 Å². The van der Waals surface area contributed by atoms with Gasteiger partial charge in [0.15, 0.2) is 0 Å². The fraction of sp³-hybridized carbons (Fsp3) is 0.186. The summed E-state index contributed by atoms with van der Waals surface area (Å²) >= 11 is 2.48. The van der Waals surface area contributed by atoms with Crippen LogP contribution in [0.25, 0.3) is 61.1 Å². The summed E-state index contributed by atoms with van der Waals surface area (Å²) in [5.41, 5.74) is 16.9. The number of benzene rings is 6. The second kappa shape index (κ2) is 16.5. The van der Waals surface area contributed by atoms with Gasteiger partial charge in [0.25, 0.3) is 0 Å². The molecule has 324 valence electrons. The van der Waals surface area contributed by atoms with Crippen LogP contribution in [0.1, 0.15) is 74.0 Å². The first-order valence-electron chi connectivity index (χ1n) is 22.7. The van der Waals surface area contributed by atoms with Crippen LogP contribution in [-0.4, -0.2) is 18.5 Å². The Kier molecular flexibility index (Phi) is 10.4. The molecule has 0 unspecified atom stereocenters. The summed E-state index contributed by atoms with van der Waals surface area (Å²) in [5.74, 6) is 2.36. The van der Waals surface area contributed by atoms with Crippen LogP contribution in [0.15, 0.2) is 158 Å². The van der Waals surface area contributed by atoms with Gasteiger partial charge >= 0.3 is 248 Å². The van der Waals surface area contributed by atoms with Crippen molar-refractivity contribution in [3.63, 3.8) is 0 Å². The first-order valence-corrected chi connectivity index (χ1v) is 23.9. The molecule has 6 heteroatoms. The van der Waals surface area contributed by atoms with E-state index in [1.54, 1.807) is 0 Å². The van der Waals surface area contributed by atoms with Crippen LogP contribution >= 0.6 is 0 Å². The average Bonchev–Trinajstić information content (AvgIpc) is 3.84. The summed E-state index contributed by atoms with van der Waals surface area (Å²) < 4.78 is 14.8. The molecule has 6 aromatic carbocycles. The quantitative estimate of drug-likeness (QED) is 0.149. The van der Waals surface area contributed by atoms with Gasteiger partial charge in [-0.3, -0.25) is 0 Å². The Morgan fingerprint density at radius 3 is 2.14 bits per heavy atom. The first kappa shape index (κ1) is 41.2. The van der Waals surface area contributed by atoms with Gasteiger partial charge < -0.3 is 0 Å². The maximum atomic E-state index is 6.72. The minimum Gasteiger partial charge on any atom is -0.0579 e. The van der Waals surface area contributed by atoms with Crippen LogP contribution in [0.3, 0.4) is 0 Å². The van der Waals surface area contributed by atoms with Crippen molar-refractivity contribution in [2.75, 3.05) is 0 Å². The van der Waals surface area contributed by atoms with Gasteiger partial charge in [-0.15, -0.1) is 0 Å². The average molecular weight is 1030 g/mol. The van der Waals surface area contributed by atoms with E-state index < -0.39 is 0 Å². The Morgan fingerprint density at radius 1 is 0.646 bits per heavy atom. The van der Waals surface area contributed by atoms with Crippen LogP contribution in [0, 0.1) is 15.9 Å². The molecule has 5 nitrogen and oxygen atoms in total. The van der Waals surface area contributed by atoms with E-state index in [1.165, 1.54) is 50.2 Å². The molecule has 65 heavy (non-hydrogen) atoms. The number of hydrogen-bond acceptors (Lipinski definition) is 2. The molecule has 0 saturated carbocycles. The number of rotatable bonds is 7. The van der Waals surface area contributed by atoms with E-state index in [4.69, 9.17) is 9.72 Å². The first-order chi connectivity index (χ1) is 31.6. The Hall–Kier alpha value is -6.55. The van der Waals surface area contributed by atoms with Gasteiger partial charge in [0.05, 0.1) is 0 Å². The van der Waals surface area contributed by atoms with Gasteiger partial charge in [-0.1, -0.05) is 95.3 Å². The Labute approximate surface area is 392 Å². The monoisotopic (exact) mass is 1030 g/mol. The molecule has 0 amide bonds. The zero-order valence-electron chi connectivity index (χ0n) is 37.4. The zero-order valence-corrected chi connectivity index (χ0v) is 39.7. The van der Waals surface area contributed by atoms with Gasteiger partial charge in [-0.2, -0.15) is 0 Å². The molecule has 4 bridgehead atoms. The molecule has 0 fully saturated rings. The van der Waals surface area contributed by atoms with Crippen LogP contribution in [-0.2, 0) is 50.5 Å². The molecule has 2 aliphatic carbocycles. The fourth-order valence-electron chi connectivity index (χ4n) is 9.51. The van der Waals surface area contributed by atoms with Crippen molar-refractivity contribution >= 4 is 27.3 Å². The molecule has 4 aliphatic rings. The third-order valence-corrected chi connectivity index (χ3v) is 14.2. The number of aryl methyl sites for hydroxylation is 4. The molecule has 10 aromatic rings. The minimum absolute atomic E-state index is 0.0845. The van der Waals surface area contributed by atoms with Gasteiger partial charge in [0.1, 0.15) is 0 Å². The molecule has 0 saturated heterocycles. The fourth-order valence-corrected chi connectivity index (χ4v) is 10.5. The third kappa shape index (κ3) is 7.70. The zero-order chi connectivity index (χ0) is 44.4.